The van der Waals surface area contributed by atoms with Gasteiger partial charge in [0.15, 0.2) is 0 Å². The van der Waals surface area contributed by atoms with E-state index in [4.69, 9.17) is 5.73 Å². The highest BCUT2D eigenvalue weighted by Crippen LogP contribution is 2.36. The molecule has 0 heterocycles. The Kier molecular flexibility index (Phi) is 4.22. The summed E-state index contributed by atoms with van der Waals surface area (Å²) in [5, 5.41) is 0. The molecule has 14 heavy (non-hydrogen) atoms. The monoisotopic (exact) mass is 323 g/mol. The van der Waals surface area contributed by atoms with Crippen LogP contribution in [0.3, 0.4) is 0 Å². The van der Waals surface area contributed by atoms with E-state index in [1.165, 1.54) is 22.0 Å². The van der Waals surface area contributed by atoms with Gasteiger partial charge in [0, 0.05) is 9.11 Å². The summed E-state index contributed by atoms with van der Waals surface area (Å²) in [6.45, 7) is 0. The van der Waals surface area contributed by atoms with E-state index in [1.807, 2.05) is 0 Å². The van der Waals surface area contributed by atoms with Gasteiger partial charge in [0.2, 0.25) is 0 Å². The lowest BCUT2D eigenvalue weighted by atomic mass is 9.90. The minimum absolute atomic E-state index is 0. The maximum atomic E-state index is 6.33. The van der Waals surface area contributed by atoms with Gasteiger partial charge in [-0.1, -0.05) is 25.0 Å². The van der Waals surface area contributed by atoms with Crippen LogP contribution >= 0.6 is 35.0 Å². The molecular weight excluding hydrogens is 308 g/mol. The van der Waals surface area contributed by atoms with Gasteiger partial charge in [-0.2, -0.15) is 0 Å². The molecule has 0 aromatic heterocycles. The number of nitrogens with two attached hydrogens (primary N) is 1. The molecule has 0 amide bonds. The smallest absolute Gasteiger partial charge is 0.0409 e. The van der Waals surface area contributed by atoms with Gasteiger partial charge in [-0.05, 0) is 53.1 Å². The van der Waals surface area contributed by atoms with Crippen molar-refractivity contribution in [2.24, 2.45) is 5.73 Å². The number of benzene rings is 1. The first-order valence-electron chi connectivity index (χ1n) is 4.76. The van der Waals surface area contributed by atoms with Crippen molar-refractivity contribution < 1.29 is 0 Å². The molecule has 1 aromatic carbocycles. The zero-order valence-corrected chi connectivity index (χ0v) is 11.0. The van der Waals surface area contributed by atoms with E-state index in [1.54, 1.807) is 0 Å². The molecule has 1 aromatic rings. The van der Waals surface area contributed by atoms with Crippen molar-refractivity contribution in [1.82, 2.24) is 0 Å². The van der Waals surface area contributed by atoms with Crippen molar-refractivity contribution in [3.63, 3.8) is 0 Å². The highest BCUT2D eigenvalue weighted by molar-refractivity contribution is 14.1. The predicted molar refractivity (Wildman–Crippen MR) is 70.7 cm³/mol. The zero-order chi connectivity index (χ0) is 9.31. The lowest BCUT2D eigenvalue weighted by Gasteiger charge is -2.24. The third-order valence-electron chi connectivity index (χ3n) is 2.91. The van der Waals surface area contributed by atoms with Crippen molar-refractivity contribution in [1.29, 1.82) is 0 Å². The minimum atomic E-state index is -0.0235. The molecule has 1 saturated carbocycles. The van der Waals surface area contributed by atoms with E-state index in [9.17, 15) is 0 Å². The second-order valence-electron chi connectivity index (χ2n) is 3.87. The Hall–Kier alpha value is 0.200. The Morgan fingerprint density at radius 1 is 1.07 bits per heavy atom. The normalized spacial score (nSPS) is 19.0. The van der Waals surface area contributed by atoms with E-state index >= 15 is 0 Å². The Bertz CT molecular complexity index is 291. The van der Waals surface area contributed by atoms with E-state index in [0.29, 0.717) is 0 Å². The van der Waals surface area contributed by atoms with Crippen LogP contribution < -0.4 is 5.73 Å². The third kappa shape index (κ3) is 2.41. The maximum absolute atomic E-state index is 6.33. The van der Waals surface area contributed by atoms with Crippen LogP contribution in [0.25, 0.3) is 0 Å². The average Bonchev–Trinajstić information content (AvgIpc) is 2.54. The van der Waals surface area contributed by atoms with Crippen molar-refractivity contribution in [3.8, 4) is 0 Å². The molecule has 0 bridgehead atoms. The highest BCUT2D eigenvalue weighted by atomic mass is 127. The van der Waals surface area contributed by atoms with E-state index in [-0.39, 0.29) is 17.9 Å². The highest BCUT2D eigenvalue weighted by Gasteiger charge is 2.30. The standard InChI is InChI=1S/C11H14IN.ClH/c12-10-5-3-9(4-6-10)11(13)7-1-2-8-11;/h3-6H,1-2,7-8,13H2;1H. The minimum Gasteiger partial charge on any atom is -0.321 e. The Balaban J connectivity index is 0.000000980. The Morgan fingerprint density at radius 3 is 2.07 bits per heavy atom. The van der Waals surface area contributed by atoms with Crippen molar-refractivity contribution in [3.05, 3.63) is 33.4 Å². The van der Waals surface area contributed by atoms with E-state index < -0.39 is 0 Å². The van der Waals surface area contributed by atoms with Crippen LogP contribution in [0, 0.1) is 3.57 Å². The fraction of sp³-hybridized carbons (Fsp3) is 0.455. The van der Waals surface area contributed by atoms with Gasteiger partial charge in [0.25, 0.3) is 0 Å². The van der Waals surface area contributed by atoms with Crippen molar-refractivity contribution >= 4 is 35.0 Å². The zero-order valence-electron chi connectivity index (χ0n) is 8.00. The third-order valence-corrected chi connectivity index (χ3v) is 3.63. The van der Waals surface area contributed by atoms with Gasteiger partial charge in [-0.15, -0.1) is 12.4 Å². The van der Waals surface area contributed by atoms with Gasteiger partial charge in [-0.25, -0.2) is 0 Å². The quantitative estimate of drug-likeness (QED) is 0.787. The average molecular weight is 324 g/mol. The first-order valence-corrected chi connectivity index (χ1v) is 5.83. The van der Waals surface area contributed by atoms with Gasteiger partial charge < -0.3 is 5.73 Å². The van der Waals surface area contributed by atoms with Crippen LogP contribution in [0.2, 0.25) is 0 Å². The molecule has 1 aliphatic carbocycles. The number of halogens is 2. The molecule has 2 rings (SSSR count). The predicted octanol–water partition coefficient (Wildman–Crippen LogP) is 3.44. The number of rotatable bonds is 1. The molecule has 0 radical (unpaired) electrons. The molecule has 0 atom stereocenters. The molecule has 0 aliphatic heterocycles. The Labute approximate surface area is 105 Å². The first kappa shape index (κ1) is 12.3. The molecule has 3 heteroatoms. The van der Waals surface area contributed by atoms with Gasteiger partial charge in [-0.3, -0.25) is 0 Å². The molecule has 78 valence electrons. The summed E-state index contributed by atoms with van der Waals surface area (Å²) in [6.07, 6.45) is 4.85. The van der Waals surface area contributed by atoms with Crippen LogP contribution in [0.5, 0.6) is 0 Å². The summed E-state index contributed by atoms with van der Waals surface area (Å²) >= 11 is 2.32. The Morgan fingerprint density at radius 2 is 1.57 bits per heavy atom. The van der Waals surface area contributed by atoms with Crippen LogP contribution in [0.1, 0.15) is 31.2 Å². The fourth-order valence-electron chi connectivity index (χ4n) is 2.08. The fourth-order valence-corrected chi connectivity index (χ4v) is 2.44. The number of hydrogen-bond acceptors (Lipinski definition) is 1. The van der Waals surface area contributed by atoms with Crippen molar-refractivity contribution in [2.75, 3.05) is 0 Å². The second-order valence-corrected chi connectivity index (χ2v) is 5.12. The topological polar surface area (TPSA) is 26.0 Å². The van der Waals surface area contributed by atoms with E-state index in [0.717, 1.165) is 12.8 Å². The molecular formula is C11H15ClIN. The second kappa shape index (κ2) is 4.81. The largest absolute Gasteiger partial charge is 0.321 e. The molecule has 0 spiro atoms. The maximum Gasteiger partial charge on any atom is 0.0409 e. The molecule has 2 N–H and O–H groups in total. The lowest BCUT2D eigenvalue weighted by molar-refractivity contribution is 0.461. The van der Waals surface area contributed by atoms with Crippen molar-refractivity contribution in [2.45, 2.75) is 31.2 Å². The molecule has 1 aliphatic rings. The SMILES string of the molecule is Cl.NC1(c2ccc(I)cc2)CCCC1. The summed E-state index contributed by atoms with van der Waals surface area (Å²) in [5.41, 5.74) is 7.62. The van der Waals surface area contributed by atoms with Crippen LogP contribution in [0.4, 0.5) is 0 Å². The summed E-state index contributed by atoms with van der Waals surface area (Å²) in [7, 11) is 0. The van der Waals surface area contributed by atoms with Gasteiger partial charge in [0.1, 0.15) is 0 Å². The van der Waals surface area contributed by atoms with Gasteiger partial charge in [0.05, 0.1) is 0 Å². The van der Waals surface area contributed by atoms with Crippen LogP contribution in [-0.4, -0.2) is 0 Å². The van der Waals surface area contributed by atoms with E-state index in [2.05, 4.69) is 46.9 Å². The number of hydrogen-bond donors (Lipinski definition) is 1. The van der Waals surface area contributed by atoms with Crippen LogP contribution in [0.15, 0.2) is 24.3 Å². The summed E-state index contributed by atoms with van der Waals surface area (Å²) in [6, 6.07) is 8.63. The molecule has 1 fully saturated rings. The molecule has 0 saturated heterocycles. The summed E-state index contributed by atoms with van der Waals surface area (Å²) < 4.78 is 1.28. The van der Waals surface area contributed by atoms with Crippen LogP contribution in [-0.2, 0) is 5.54 Å². The van der Waals surface area contributed by atoms with Gasteiger partial charge >= 0.3 is 0 Å². The summed E-state index contributed by atoms with van der Waals surface area (Å²) in [4.78, 5) is 0. The molecule has 1 nitrogen and oxygen atoms in total. The molecule has 0 unspecified atom stereocenters. The first-order chi connectivity index (χ1) is 6.21. The lowest BCUT2D eigenvalue weighted by Crippen LogP contribution is -2.32. The summed E-state index contributed by atoms with van der Waals surface area (Å²) in [5.74, 6) is 0.